The standard InChI is InChI=1S/C27H16N4O2/c1-28-21-12-13-29-15-20(21)16-10-11-18-17-6-3-4-8-22(17)31(24(18)14-16)23-9-5-7-19-25(23)27(33)30(2)26(19)32/h3-15H,2H3. The molecule has 0 N–H and O–H groups in total. The summed E-state index contributed by atoms with van der Waals surface area (Å²) in [5, 5.41) is 2.06. The summed E-state index contributed by atoms with van der Waals surface area (Å²) < 4.78 is 2.03. The number of amides is 2. The molecule has 1 aliphatic rings. The fourth-order valence-electron chi connectivity index (χ4n) is 4.67. The molecule has 0 fully saturated rings. The van der Waals surface area contributed by atoms with Gasteiger partial charge in [-0.25, -0.2) is 4.85 Å². The molecule has 6 nitrogen and oxygen atoms in total. The first-order chi connectivity index (χ1) is 16.1. The van der Waals surface area contributed by atoms with E-state index in [1.807, 2.05) is 53.1 Å². The first kappa shape index (κ1) is 19.0. The summed E-state index contributed by atoms with van der Waals surface area (Å²) in [6.07, 6.45) is 3.30. The van der Waals surface area contributed by atoms with Gasteiger partial charge in [-0.2, -0.15) is 0 Å². The number of hydrogen-bond acceptors (Lipinski definition) is 3. The molecule has 0 unspecified atom stereocenters. The van der Waals surface area contributed by atoms with Crippen molar-refractivity contribution in [1.29, 1.82) is 0 Å². The fraction of sp³-hybridized carbons (Fsp3) is 0.0370. The number of nitrogens with zero attached hydrogens (tertiary/aromatic N) is 4. The molecule has 156 valence electrons. The van der Waals surface area contributed by atoms with E-state index in [9.17, 15) is 9.59 Å². The van der Waals surface area contributed by atoms with Crippen LogP contribution in [0, 0.1) is 6.57 Å². The monoisotopic (exact) mass is 428 g/mol. The van der Waals surface area contributed by atoms with Crippen molar-refractivity contribution in [1.82, 2.24) is 14.5 Å². The largest absolute Gasteiger partial charge is 0.308 e. The topological polar surface area (TPSA) is 59.6 Å². The molecule has 0 saturated heterocycles. The van der Waals surface area contributed by atoms with Gasteiger partial charge in [0.2, 0.25) is 0 Å². The van der Waals surface area contributed by atoms with Crippen LogP contribution in [0.1, 0.15) is 20.7 Å². The van der Waals surface area contributed by atoms with E-state index in [0.29, 0.717) is 22.5 Å². The van der Waals surface area contributed by atoms with Crippen LogP contribution in [0.4, 0.5) is 5.69 Å². The minimum Gasteiger partial charge on any atom is -0.308 e. The van der Waals surface area contributed by atoms with Gasteiger partial charge in [-0.05, 0) is 35.9 Å². The van der Waals surface area contributed by atoms with E-state index in [0.717, 1.165) is 37.8 Å². The second-order valence-corrected chi connectivity index (χ2v) is 7.96. The summed E-state index contributed by atoms with van der Waals surface area (Å²) >= 11 is 0. The van der Waals surface area contributed by atoms with Gasteiger partial charge in [-0.15, -0.1) is 0 Å². The third-order valence-corrected chi connectivity index (χ3v) is 6.24. The Balaban J connectivity index is 1.73. The highest BCUT2D eigenvalue weighted by molar-refractivity contribution is 6.23. The smallest absolute Gasteiger partial charge is 0.263 e. The van der Waals surface area contributed by atoms with Crippen LogP contribution in [0.3, 0.4) is 0 Å². The molecule has 3 heterocycles. The van der Waals surface area contributed by atoms with Crippen molar-refractivity contribution in [2.24, 2.45) is 0 Å². The van der Waals surface area contributed by atoms with Gasteiger partial charge in [0.25, 0.3) is 11.8 Å². The average Bonchev–Trinajstić information content (AvgIpc) is 3.31. The molecule has 0 spiro atoms. The van der Waals surface area contributed by atoms with E-state index in [2.05, 4.69) is 9.83 Å². The van der Waals surface area contributed by atoms with Crippen molar-refractivity contribution in [3.8, 4) is 16.8 Å². The Bertz CT molecular complexity index is 1690. The number of fused-ring (bicyclic) bond motifs is 4. The number of benzene rings is 3. The zero-order valence-electron chi connectivity index (χ0n) is 17.6. The number of imide groups is 1. The predicted octanol–water partition coefficient (Wildman–Crippen LogP) is 5.62. The Labute approximate surface area is 189 Å². The summed E-state index contributed by atoms with van der Waals surface area (Å²) in [6.45, 7) is 7.52. The number of para-hydroxylation sites is 1. The highest BCUT2D eigenvalue weighted by atomic mass is 16.2. The zero-order valence-corrected chi connectivity index (χ0v) is 17.6. The Kier molecular flexibility index (Phi) is 3.95. The number of carbonyl (C=O) groups is 2. The SMILES string of the molecule is [C-]#[N+]c1ccncc1-c1ccc2c3ccccc3n(-c3cccc4c3C(=O)N(C)C4=O)c2c1. The van der Waals surface area contributed by atoms with Crippen LogP contribution in [-0.4, -0.2) is 33.3 Å². The van der Waals surface area contributed by atoms with Crippen molar-refractivity contribution in [2.75, 3.05) is 7.05 Å². The van der Waals surface area contributed by atoms with Gasteiger partial charge in [0.05, 0.1) is 34.4 Å². The first-order valence-corrected chi connectivity index (χ1v) is 10.4. The van der Waals surface area contributed by atoms with Crippen LogP contribution in [-0.2, 0) is 0 Å². The maximum absolute atomic E-state index is 13.0. The van der Waals surface area contributed by atoms with Crippen molar-refractivity contribution < 1.29 is 9.59 Å². The lowest BCUT2D eigenvalue weighted by molar-refractivity contribution is 0.0693. The average molecular weight is 428 g/mol. The second-order valence-electron chi connectivity index (χ2n) is 7.96. The van der Waals surface area contributed by atoms with E-state index in [4.69, 9.17) is 6.57 Å². The Morgan fingerprint density at radius 3 is 2.52 bits per heavy atom. The fourth-order valence-corrected chi connectivity index (χ4v) is 4.67. The molecule has 1 aliphatic heterocycles. The Hall–Kier alpha value is -4.76. The van der Waals surface area contributed by atoms with Crippen LogP contribution in [0.2, 0.25) is 0 Å². The minimum atomic E-state index is -0.310. The minimum absolute atomic E-state index is 0.296. The summed E-state index contributed by atoms with van der Waals surface area (Å²) in [7, 11) is 1.51. The van der Waals surface area contributed by atoms with Crippen LogP contribution in [0.5, 0.6) is 0 Å². The maximum Gasteiger partial charge on any atom is 0.263 e. The summed E-state index contributed by atoms with van der Waals surface area (Å²) in [6, 6.07) is 21.1. The van der Waals surface area contributed by atoms with Crippen LogP contribution in [0.15, 0.2) is 79.1 Å². The first-order valence-electron chi connectivity index (χ1n) is 10.4. The van der Waals surface area contributed by atoms with Crippen LogP contribution < -0.4 is 0 Å². The van der Waals surface area contributed by atoms with E-state index < -0.39 is 0 Å². The molecule has 3 aromatic carbocycles. The van der Waals surface area contributed by atoms with E-state index in [1.54, 1.807) is 30.6 Å². The summed E-state index contributed by atoms with van der Waals surface area (Å²) in [5.74, 6) is -0.606. The molecule has 2 aromatic heterocycles. The molecule has 0 aliphatic carbocycles. The van der Waals surface area contributed by atoms with Crippen molar-refractivity contribution in [3.63, 3.8) is 0 Å². The van der Waals surface area contributed by atoms with E-state index >= 15 is 0 Å². The molecular formula is C27H16N4O2. The number of aromatic nitrogens is 2. The maximum atomic E-state index is 13.0. The lowest BCUT2D eigenvalue weighted by Crippen LogP contribution is -2.24. The van der Waals surface area contributed by atoms with Crippen LogP contribution in [0.25, 0.3) is 43.5 Å². The van der Waals surface area contributed by atoms with Crippen molar-refractivity contribution in [2.45, 2.75) is 0 Å². The second kappa shape index (κ2) is 6.87. The van der Waals surface area contributed by atoms with Gasteiger partial charge in [-0.3, -0.25) is 19.5 Å². The normalized spacial score (nSPS) is 13.0. The Morgan fingerprint density at radius 1 is 0.848 bits per heavy atom. The molecular weight excluding hydrogens is 412 g/mol. The van der Waals surface area contributed by atoms with Crippen molar-refractivity contribution in [3.05, 3.63) is 102 Å². The molecule has 6 rings (SSSR count). The number of rotatable bonds is 2. The summed E-state index contributed by atoms with van der Waals surface area (Å²) in [4.78, 5) is 34.7. The number of carbonyl (C=O) groups excluding carboxylic acids is 2. The molecule has 0 radical (unpaired) electrons. The zero-order chi connectivity index (χ0) is 22.7. The lowest BCUT2D eigenvalue weighted by Gasteiger charge is -2.12. The predicted molar refractivity (Wildman–Crippen MR) is 127 cm³/mol. The Morgan fingerprint density at radius 2 is 1.67 bits per heavy atom. The number of hydrogen-bond donors (Lipinski definition) is 0. The molecule has 2 amide bonds. The van der Waals surface area contributed by atoms with Crippen LogP contribution >= 0.6 is 0 Å². The third-order valence-electron chi connectivity index (χ3n) is 6.24. The molecule has 0 saturated carbocycles. The quantitative estimate of drug-likeness (QED) is 0.271. The molecule has 33 heavy (non-hydrogen) atoms. The van der Waals surface area contributed by atoms with Gasteiger partial charge in [0, 0.05) is 35.8 Å². The molecule has 0 atom stereocenters. The van der Waals surface area contributed by atoms with Crippen molar-refractivity contribution >= 4 is 39.3 Å². The molecule has 5 aromatic rings. The van der Waals surface area contributed by atoms with Gasteiger partial charge in [-0.1, -0.05) is 36.4 Å². The third kappa shape index (κ3) is 2.57. The van der Waals surface area contributed by atoms with Gasteiger partial charge < -0.3 is 4.57 Å². The van der Waals surface area contributed by atoms with Gasteiger partial charge in [0.1, 0.15) is 0 Å². The van der Waals surface area contributed by atoms with Gasteiger partial charge >= 0.3 is 0 Å². The number of pyridine rings is 1. The highest BCUT2D eigenvalue weighted by Gasteiger charge is 2.35. The van der Waals surface area contributed by atoms with E-state index in [-0.39, 0.29) is 11.8 Å². The van der Waals surface area contributed by atoms with Gasteiger partial charge in [0.15, 0.2) is 5.69 Å². The van der Waals surface area contributed by atoms with E-state index in [1.165, 1.54) is 7.05 Å². The lowest BCUT2D eigenvalue weighted by atomic mass is 10.0. The highest BCUT2D eigenvalue weighted by Crippen LogP contribution is 2.38. The molecule has 6 heteroatoms. The summed E-state index contributed by atoms with van der Waals surface area (Å²) in [5.41, 5.74) is 5.42. The molecule has 0 bridgehead atoms.